The van der Waals surface area contributed by atoms with Crippen molar-refractivity contribution in [3.05, 3.63) is 26.2 Å². The maximum absolute atomic E-state index is 11.5. The SMILES string of the molecule is CC(C)(C)OC(=O)Nc1ccc(I)cc1Br. The van der Waals surface area contributed by atoms with E-state index in [2.05, 4.69) is 43.8 Å². The van der Waals surface area contributed by atoms with Gasteiger partial charge in [0.15, 0.2) is 0 Å². The average Bonchev–Trinajstić information content (AvgIpc) is 2.06. The minimum atomic E-state index is -0.486. The van der Waals surface area contributed by atoms with Crippen molar-refractivity contribution < 1.29 is 9.53 Å². The molecule has 1 N–H and O–H groups in total. The number of anilines is 1. The molecule has 0 aliphatic carbocycles. The Morgan fingerprint density at radius 2 is 2.06 bits per heavy atom. The molecule has 1 aromatic carbocycles. The zero-order chi connectivity index (χ0) is 12.3. The molecule has 5 heteroatoms. The Kier molecular flexibility index (Phi) is 4.61. The van der Waals surface area contributed by atoms with Crippen molar-refractivity contribution in [1.29, 1.82) is 0 Å². The quantitative estimate of drug-likeness (QED) is 0.713. The van der Waals surface area contributed by atoms with E-state index in [-0.39, 0.29) is 0 Å². The van der Waals surface area contributed by atoms with Crippen LogP contribution in [0.15, 0.2) is 22.7 Å². The van der Waals surface area contributed by atoms with Gasteiger partial charge >= 0.3 is 6.09 Å². The van der Waals surface area contributed by atoms with Crippen LogP contribution in [0.4, 0.5) is 10.5 Å². The number of carbonyl (C=O) groups is 1. The van der Waals surface area contributed by atoms with Crippen LogP contribution in [0.2, 0.25) is 0 Å². The van der Waals surface area contributed by atoms with E-state index in [0.29, 0.717) is 5.69 Å². The van der Waals surface area contributed by atoms with Crippen molar-refractivity contribution in [3.8, 4) is 0 Å². The van der Waals surface area contributed by atoms with E-state index >= 15 is 0 Å². The maximum Gasteiger partial charge on any atom is 0.412 e. The lowest BCUT2D eigenvalue weighted by Crippen LogP contribution is -2.27. The maximum atomic E-state index is 11.5. The molecule has 0 atom stereocenters. The molecule has 1 aromatic rings. The van der Waals surface area contributed by atoms with Crippen LogP contribution in [0, 0.1) is 3.57 Å². The number of halogens is 2. The number of rotatable bonds is 1. The van der Waals surface area contributed by atoms with Crippen LogP contribution in [-0.4, -0.2) is 11.7 Å². The van der Waals surface area contributed by atoms with Crippen molar-refractivity contribution >= 4 is 50.3 Å². The van der Waals surface area contributed by atoms with E-state index in [1.54, 1.807) is 0 Å². The third-order valence-electron chi connectivity index (χ3n) is 1.57. The van der Waals surface area contributed by atoms with Crippen molar-refractivity contribution in [2.45, 2.75) is 26.4 Å². The Labute approximate surface area is 117 Å². The highest BCUT2D eigenvalue weighted by Crippen LogP contribution is 2.24. The molecule has 0 bridgehead atoms. The first kappa shape index (κ1) is 13.8. The monoisotopic (exact) mass is 397 g/mol. The van der Waals surface area contributed by atoms with Gasteiger partial charge in [0, 0.05) is 8.04 Å². The topological polar surface area (TPSA) is 38.3 Å². The first-order chi connectivity index (χ1) is 7.28. The molecule has 0 aliphatic rings. The fourth-order valence-corrected chi connectivity index (χ4v) is 2.40. The summed E-state index contributed by atoms with van der Waals surface area (Å²) >= 11 is 5.58. The van der Waals surface area contributed by atoms with Gasteiger partial charge in [-0.25, -0.2) is 4.79 Å². The number of hydrogen-bond acceptors (Lipinski definition) is 2. The van der Waals surface area contributed by atoms with Crippen LogP contribution in [0.25, 0.3) is 0 Å². The molecule has 0 saturated carbocycles. The summed E-state index contributed by atoms with van der Waals surface area (Å²) < 4.78 is 7.09. The number of nitrogens with one attached hydrogen (secondary N) is 1. The van der Waals surface area contributed by atoms with Crippen LogP contribution in [-0.2, 0) is 4.74 Å². The standard InChI is InChI=1S/C11H13BrINO2/c1-11(2,3)16-10(15)14-9-5-4-7(13)6-8(9)12/h4-6H,1-3H3,(H,14,15). The molecular formula is C11H13BrINO2. The summed E-state index contributed by atoms with van der Waals surface area (Å²) in [5, 5.41) is 2.68. The van der Waals surface area contributed by atoms with Gasteiger partial charge in [0.05, 0.1) is 5.69 Å². The second kappa shape index (κ2) is 5.35. The fourth-order valence-electron chi connectivity index (χ4n) is 1.00. The second-order valence-corrected chi connectivity index (χ2v) is 6.35. The van der Waals surface area contributed by atoms with Crippen LogP contribution in [0.3, 0.4) is 0 Å². The third-order valence-corrected chi connectivity index (χ3v) is 2.89. The Morgan fingerprint density at radius 1 is 1.44 bits per heavy atom. The Bertz CT molecular complexity index is 401. The number of ether oxygens (including phenoxy) is 1. The van der Waals surface area contributed by atoms with E-state index in [0.717, 1.165) is 8.04 Å². The van der Waals surface area contributed by atoms with Gasteiger partial charge in [-0.05, 0) is 77.5 Å². The molecule has 1 rings (SSSR count). The summed E-state index contributed by atoms with van der Waals surface area (Å²) in [5.74, 6) is 0. The molecule has 0 aliphatic heterocycles. The molecule has 1 amide bonds. The van der Waals surface area contributed by atoms with Gasteiger partial charge in [-0.2, -0.15) is 0 Å². The lowest BCUT2D eigenvalue weighted by molar-refractivity contribution is 0.0636. The molecule has 88 valence electrons. The van der Waals surface area contributed by atoms with E-state index in [1.165, 1.54) is 0 Å². The summed E-state index contributed by atoms with van der Waals surface area (Å²) in [5.41, 5.74) is 0.217. The molecule has 0 fully saturated rings. The van der Waals surface area contributed by atoms with Gasteiger partial charge in [-0.3, -0.25) is 5.32 Å². The molecule has 3 nitrogen and oxygen atoms in total. The number of amides is 1. The van der Waals surface area contributed by atoms with E-state index in [4.69, 9.17) is 4.74 Å². The highest BCUT2D eigenvalue weighted by molar-refractivity contribution is 14.1. The minimum Gasteiger partial charge on any atom is -0.444 e. The molecule has 16 heavy (non-hydrogen) atoms. The number of carbonyl (C=O) groups excluding carboxylic acids is 1. The summed E-state index contributed by atoms with van der Waals surface area (Å²) in [4.78, 5) is 11.5. The van der Waals surface area contributed by atoms with Gasteiger partial charge in [0.2, 0.25) is 0 Å². The second-order valence-electron chi connectivity index (χ2n) is 4.25. The average molecular weight is 398 g/mol. The van der Waals surface area contributed by atoms with Crippen molar-refractivity contribution in [3.63, 3.8) is 0 Å². The zero-order valence-corrected chi connectivity index (χ0v) is 13.0. The Morgan fingerprint density at radius 3 is 2.56 bits per heavy atom. The number of benzene rings is 1. The lowest BCUT2D eigenvalue weighted by Gasteiger charge is -2.20. The van der Waals surface area contributed by atoms with Crippen LogP contribution in [0.5, 0.6) is 0 Å². The summed E-state index contributed by atoms with van der Waals surface area (Å²) in [6.07, 6.45) is -0.450. The predicted molar refractivity (Wildman–Crippen MR) is 76.7 cm³/mol. The van der Waals surface area contributed by atoms with E-state index in [1.807, 2.05) is 39.0 Å². The van der Waals surface area contributed by atoms with Gasteiger partial charge in [0.25, 0.3) is 0 Å². The molecular weight excluding hydrogens is 385 g/mol. The van der Waals surface area contributed by atoms with Crippen molar-refractivity contribution in [2.75, 3.05) is 5.32 Å². The molecule has 0 aromatic heterocycles. The molecule has 0 spiro atoms. The third kappa shape index (κ3) is 4.69. The van der Waals surface area contributed by atoms with Gasteiger partial charge in [0.1, 0.15) is 5.60 Å². The first-order valence-corrected chi connectivity index (χ1v) is 6.60. The molecule has 0 radical (unpaired) electrons. The molecule has 0 heterocycles. The zero-order valence-electron chi connectivity index (χ0n) is 9.30. The van der Waals surface area contributed by atoms with E-state index in [9.17, 15) is 4.79 Å². The highest BCUT2D eigenvalue weighted by atomic mass is 127. The summed E-state index contributed by atoms with van der Waals surface area (Å²) in [6.45, 7) is 5.49. The summed E-state index contributed by atoms with van der Waals surface area (Å²) in [7, 11) is 0. The molecule has 0 unspecified atom stereocenters. The summed E-state index contributed by atoms with van der Waals surface area (Å²) in [6, 6.07) is 5.67. The Balaban J connectivity index is 2.70. The van der Waals surface area contributed by atoms with Gasteiger partial charge < -0.3 is 4.74 Å². The van der Waals surface area contributed by atoms with Crippen LogP contribution < -0.4 is 5.32 Å². The predicted octanol–water partition coefficient (Wildman–Crippen LogP) is 4.40. The van der Waals surface area contributed by atoms with Crippen LogP contribution >= 0.6 is 38.5 Å². The highest BCUT2D eigenvalue weighted by Gasteiger charge is 2.16. The smallest absolute Gasteiger partial charge is 0.412 e. The largest absolute Gasteiger partial charge is 0.444 e. The lowest BCUT2D eigenvalue weighted by atomic mass is 10.2. The van der Waals surface area contributed by atoms with Crippen LogP contribution in [0.1, 0.15) is 20.8 Å². The van der Waals surface area contributed by atoms with Gasteiger partial charge in [-0.1, -0.05) is 0 Å². The van der Waals surface area contributed by atoms with Crippen molar-refractivity contribution in [2.24, 2.45) is 0 Å². The Hall–Kier alpha value is -0.300. The van der Waals surface area contributed by atoms with Gasteiger partial charge in [-0.15, -0.1) is 0 Å². The normalized spacial score (nSPS) is 11.1. The van der Waals surface area contributed by atoms with E-state index < -0.39 is 11.7 Å². The van der Waals surface area contributed by atoms with Crippen molar-refractivity contribution in [1.82, 2.24) is 0 Å². The fraction of sp³-hybridized carbons (Fsp3) is 0.364. The first-order valence-electron chi connectivity index (χ1n) is 4.73. The number of hydrogen-bond donors (Lipinski definition) is 1. The molecule has 0 saturated heterocycles. The minimum absolute atomic E-state index is 0.450.